The predicted molar refractivity (Wildman–Crippen MR) is 102 cm³/mol. The van der Waals surface area contributed by atoms with Crippen molar-refractivity contribution in [2.75, 3.05) is 5.32 Å². The van der Waals surface area contributed by atoms with E-state index in [1.165, 1.54) is 12.1 Å². The third kappa shape index (κ3) is 4.61. The van der Waals surface area contributed by atoms with Crippen molar-refractivity contribution in [3.05, 3.63) is 63.9 Å². The molecular formula is C20H22ClFN2O2. The highest BCUT2D eigenvalue weighted by Gasteiger charge is 2.36. The maximum atomic E-state index is 12.9. The van der Waals surface area contributed by atoms with Crippen LogP contribution in [0.25, 0.3) is 0 Å². The fourth-order valence-corrected chi connectivity index (χ4v) is 2.82. The van der Waals surface area contributed by atoms with Crippen LogP contribution in [-0.2, 0) is 16.1 Å². The molecular weight excluding hydrogens is 355 g/mol. The lowest BCUT2D eigenvalue weighted by atomic mass is 9.90. The van der Waals surface area contributed by atoms with Gasteiger partial charge < -0.3 is 10.6 Å². The third-order valence-corrected chi connectivity index (χ3v) is 4.47. The second kappa shape index (κ2) is 7.87. The van der Waals surface area contributed by atoms with Gasteiger partial charge in [0.05, 0.1) is 10.7 Å². The van der Waals surface area contributed by atoms with Gasteiger partial charge in [0.1, 0.15) is 11.2 Å². The number of aryl methyl sites for hydroxylation is 2. The molecule has 0 bridgehead atoms. The van der Waals surface area contributed by atoms with Gasteiger partial charge in [-0.25, -0.2) is 4.39 Å². The molecule has 0 aliphatic carbocycles. The molecule has 2 amide bonds. The predicted octanol–water partition coefficient (Wildman–Crippen LogP) is 4.38. The largest absolute Gasteiger partial charge is 0.351 e. The molecule has 138 valence electrons. The molecule has 2 aromatic carbocycles. The highest BCUT2D eigenvalue weighted by atomic mass is 35.5. The van der Waals surface area contributed by atoms with Crippen LogP contribution in [0.1, 0.15) is 30.5 Å². The number of amides is 2. The number of carbonyl (C=O) groups is 2. The molecule has 0 saturated carbocycles. The summed E-state index contributed by atoms with van der Waals surface area (Å²) in [4.78, 5) is 25.1. The summed E-state index contributed by atoms with van der Waals surface area (Å²) in [5.74, 6) is -1.23. The molecule has 0 atom stereocenters. The van der Waals surface area contributed by atoms with Crippen LogP contribution in [0.2, 0.25) is 5.02 Å². The average molecular weight is 377 g/mol. The van der Waals surface area contributed by atoms with Crippen molar-refractivity contribution in [2.24, 2.45) is 5.41 Å². The summed E-state index contributed by atoms with van der Waals surface area (Å²) in [6.07, 6.45) is 0. The Kier molecular flexibility index (Phi) is 6.03. The number of hydrogen-bond acceptors (Lipinski definition) is 2. The lowest BCUT2D eigenvalue weighted by molar-refractivity contribution is -0.138. The number of hydrogen-bond donors (Lipinski definition) is 2. The Morgan fingerprint density at radius 1 is 1.08 bits per heavy atom. The second-order valence-electron chi connectivity index (χ2n) is 6.83. The van der Waals surface area contributed by atoms with Crippen LogP contribution in [0.3, 0.4) is 0 Å². The van der Waals surface area contributed by atoms with E-state index in [2.05, 4.69) is 10.6 Å². The molecule has 0 aliphatic heterocycles. The average Bonchev–Trinajstić information content (AvgIpc) is 2.56. The van der Waals surface area contributed by atoms with Crippen LogP contribution in [0.5, 0.6) is 0 Å². The molecule has 0 fully saturated rings. The standard InChI is InChI=1S/C20H22ClFN2O2/c1-12-9-13(2)17(16(21)10-12)24-19(26)20(3,4)18(25)23-11-14-5-7-15(22)8-6-14/h5-10H,11H2,1-4H3,(H,23,25)(H,24,26). The van der Waals surface area contributed by atoms with Crippen LogP contribution in [0.4, 0.5) is 10.1 Å². The van der Waals surface area contributed by atoms with E-state index in [0.717, 1.165) is 16.7 Å². The fraction of sp³-hybridized carbons (Fsp3) is 0.300. The summed E-state index contributed by atoms with van der Waals surface area (Å²) in [5.41, 5.74) is 1.75. The Hall–Kier alpha value is -2.40. The lowest BCUT2D eigenvalue weighted by Crippen LogP contribution is -2.45. The first-order valence-electron chi connectivity index (χ1n) is 8.22. The number of benzene rings is 2. The van der Waals surface area contributed by atoms with Crippen molar-refractivity contribution in [3.8, 4) is 0 Å². The van der Waals surface area contributed by atoms with Gasteiger partial charge in [0, 0.05) is 6.54 Å². The minimum absolute atomic E-state index is 0.208. The van der Waals surface area contributed by atoms with Gasteiger partial charge in [0.2, 0.25) is 11.8 Å². The van der Waals surface area contributed by atoms with Crippen molar-refractivity contribution >= 4 is 29.1 Å². The molecule has 0 aliphatic rings. The minimum atomic E-state index is -1.30. The fourth-order valence-electron chi connectivity index (χ4n) is 2.45. The van der Waals surface area contributed by atoms with Crippen LogP contribution in [0.15, 0.2) is 36.4 Å². The highest BCUT2D eigenvalue weighted by molar-refractivity contribution is 6.34. The second-order valence-corrected chi connectivity index (χ2v) is 7.23. The Balaban J connectivity index is 2.06. The van der Waals surface area contributed by atoms with E-state index in [1.54, 1.807) is 32.0 Å². The van der Waals surface area contributed by atoms with Crippen molar-refractivity contribution in [3.63, 3.8) is 0 Å². The molecule has 2 N–H and O–H groups in total. The third-order valence-electron chi connectivity index (χ3n) is 4.17. The van der Waals surface area contributed by atoms with Gasteiger partial charge in [0.15, 0.2) is 0 Å². The Bertz CT molecular complexity index is 809. The Labute approximate surface area is 157 Å². The Morgan fingerprint density at radius 3 is 2.27 bits per heavy atom. The summed E-state index contributed by atoms with van der Waals surface area (Å²) in [6.45, 7) is 7.05. The Morgan fingerprint density at radius 2 is 1.69 bits per heavy atom. The van der Waals surface area contributed by atoms with E-state index in [-0.39, 0.29) is 12.4 Å². The molecule has 0 spiro atoms. The normalized spacial score (nSPS) is 11.2. The van der Waals surface area contributed by atoms with Crippen LogP contribution in [0, 0.1) is 25.1 Å². The van der Waals surface area contributed by atoms with E-state index in [9.17, 15) is 14.0 Å². The SMILES string of the molecule is Cc1cc(C)c(NC(=O)C(C)(C)C(=O)NCc2ccc(F)cc2)c(Cl)c1. The van der Waals surface area contributed by atoms with Gasteiger partial charge in [-0.05, 0) is 62.6 Å². The zero-order valence-electron chi connectivity index (χ0n) is 15.2. The maximum Gasteiger partial charge on any atom is 0.239 e. The van der Waals surface area contributed by atoms with E-state index < -0.39 is 17.2 Å². The van der Waals surface area contributed by atoms with Crippen LogP contribution in [-0.4, -0.2) is 11.8 Å². The first-order chi connectivity index (χ1) is 12.1. The summed E-state index contributed by atoms with van der Waals surface area (Å²) < 4.78 is 12.9. The topological polar surface area (TPSA) is 58.2 Å². The monoisotopic (exact) mass is 376 g/mol. The molecule has 6 heteroatoms. The lowest BCUT2D eigenvalue weighted by Gasteiger charge is -2.24. The molecule has 26 heavy (non-hydrogen) atoms. The quantitative estimate of drug-likeness (QED) is 0.761. The van der Waals surface area contributed by atoms with Crippen molar-refractivity contribution in [1.29, 1.82) is 0 Å². The van der Waals surface area contributed by atoms with Crippen molar-refractivity contribution in [1.82, 2.24) is 5.32 Å². The summed E-state index contributed by atoms with van der Waals surface area (Å²) >= 11 is 6.22. The minimum Gasteiger partial charge on any atom is -0.351 e. The van der Waals surface area contributed by atoms with Gasteiger partial charge in [-0.1, -0.05) is 29.8 Å². The summed E-state index contributed by atoms with van der Waals surface area (Å²) in [7, 11) is 0. The van der Waals surface area contributed by atoms with Crippen molar-refractivity contribution in [2.45, 2.75) is 34.2 Å². The van der Waals surface area contributed by atoms with Crippen molar-refractivity contribution < 1.29 is 14.0 Å². The number of carbonyl (C=O) groups excluding carboxylic acids is 2. The molecule has 0 saturated heterocycles. The number of halogens is 2. The first kappa shape index (κ1) is 19.9. The van der Waals surface area contributed by atoms with Gasteiger partial charge >= 0.3 is 0 Å². The van der Waals surface area contributed by atoms with E-state index in [4.69, 9.17) is 11.6 Å². The molecule has 0 aromatic heterocycles. The van der Waals surface area contributed by atoms with Crippen LogP contribution >= 0.6 is 11.6 Å². The molecule has 2 aromatic rings. The molecule has 2 rings (SSSR count). The summed E-state index contributed by atoms with van der Waals surface area (Å²) in [5, 5.41) is 5.89. The van der Waals surface area contributed by atoms with Crippen LogP contribution < -0.4 is 10.6 Å². The van der Waals surface area contributed by atoms with E-state index >= 15 is 0 Å². The van der Waals surface area contributed by atoms with E-state index in [0.29, 0.717) is 10.7 Å². The molecule has 4 nitrogen and oxygen atoms in total. The number of anilines is 1. The zero-order valence-corrected chi connectivity index (χ0v) is 16.0. The molecule has 0 heterocycles. The van der Waals surface area contributed by atoms with Gasteiger partial charge in [-0.15, -0.1) is 0 Å². The molecule has 0 radical (unpaired) electrons. The number of nitrogens with one attached hydrogen (secondary N) is 2. The smallest absolute Gasteiger partial charge is 0.239 e. The zero-order chi connectivity index (χ0) is 19.5. The highest BCUT2D eigenvalue weighted by Crippen LogP contribution is 2.29. The number of rotatable bonds is 5. The van der Waals surface area contributed by atoms with E-state index in [1.807, 2.05) is 19.9 Å². The first-order valence-corrected chi connectivity index (χ1v) is 8.60. The molecule has 0 unspecified atom stereocenters. The van der Waals surface area contributed by atoms with Gasteiger partial charge in [-0.3, -0.25) is 9.59 Å². The van der Waals surface area contributed by atoms with Gasteiger partial charge in [-0.2, -0.15) is 0 Å². The summed E-state index contributed by atoms with van der Waals surface area (Å²) in [6, 6.07) is 9.47. The van der Waals surface area contributed by atoms with Gasteiger partial charge in [0.25, 0.3) is 0 Å². The maximum absolute atomic E-state index is 12.9.